The fourth-order valence-corrected chi connectivity index (χ4v) is 2.25. The number of hydrogen-bond acceptors (Lipinski definition) is 3. The first-order valence-electron chi connectivity index (χ1n) is 6.48. The molecule has 1 N–H and O–H groups in total. The molecule has 0 bridgehead atoms. The van der Waals surface area contributed by atoms with Crippen LogP contribution < -0.4 is 5.32 Å². The molecule has 0 saturated heterocycles. The summed E-state index contributed by atoms with van der Waals surface area (Å²) in [6.45, 7) is -0.0612. The number of esters is 1. The Hall–Kier alpha value is -2.04. The first-order valence-corrected chi connectivity index (χ1v) is 7.24. The van der Waals surface area contributed by atoms with Gasteiger partial charge in [-0.15, -0.1) is 0 Å². The van der Waals surface area contributed by atoms with E-state index in [1.807, 2.05) is 30.3 Å². The van der Waals surface area contributed by atoms with Crippen LogP contribution in [0.1, 0.15) is 15.9 Å². The summed E-state index contributed by atoms with van der Waals surface area (Å²) in [6, 6.07) is 13.7. The van der Waals surface area contributed by atoms with Crippen molar-refractivity contribution in [3.05, 3.63) is 69.7 Å². The largest absolute Gasteiger partial charge is 0.460 e. The Morgan fingerprint density at radius 2 is 1.64 bits per heavy atom. The van der Waals surface area contributed by atoms with E-state index in [9.17, 15) is 9.59 Å². The molecule has 0 aliphatic heterocycles. The van der Waals surface area contributed by atoms with Crippen molar-refractivity contribution in [3.8, 4) is 0 Å². The maximum atomic E-state index is 11.9. The summed E-state index contributed by atoms with van der Waals surface area (Å²) in [5, 5.41) is 3.16. The van der Waals surface area contributed by atoms with E-state index in [2.05, 4.69) is 5.32 Å². The second kappa shape index (κ2) is 7.82. The molecule has 0 unspecified atom stereocenters. The number of nitrogens with one attached hydrogen (secondary N) is 1. The van der Waals surface area contributed by atoms with Crippen molar-refractivity contribution in [3.63, 3.8) is 0 Å². The standard InChI is InChI=1S/C16H13Cl2NO3/c17-13-6-12(7-14(18)8-13)16(21)19-9-15(20)22-10-11-4-2-1-3-5-11/h1-8H,9-10H2,(H,19,21). The molecule has 0 fully saturated rings. The molecule has 0 aliphatic rings. The predicted molar refractivity (Wildman–Crippen MR) is 85.0 cm³/mol. The molecule has 0 aromatic heterocycles. The Bertz CT molecular complexity index is 654. The summed E-state index contributed by atoms with van der Waals surface area (Å²) in [7, 11) is 0. The summed E-state index contributed by atoms with van der Waals surface area (Å²) in [6.07, 6.45) is 0. The molecule has 0 radical (unpaired) electrons. The van der Waals surface area contributed by atoms with Gasteiger partial charge in [-0.2, -0.15) is 0 Å². The van der Waals surface area contributed by atoms with Gasteiger partial charge in [-0.1, -0.05) is 53.5 Å². The zero-order chi connectivity index (χ0) is 15.9. The van der Waals surface area contributed by atoms with E-state index < -0.39 is 11.9 Å². The van der Waals surface area contributed by atoms with Gasteiger partial charge in [0.25, 0.3) is 5.91 Å². The van der Waals surface area contributed by atoms with Crippen LogP contribution in [-0.4, -0.2) is 18.4 Å². The molecule has 0 saturated carbocycles. The number of amides is 1. The van der Waals surface area contributed by atoms with Crippen LogP contribution >= 0.6 is 23.2 Å². The highest BCUT2D eigenvalue weighted by molar-refractivity contribution is 6.35. The monoisotopic (exact) mass is 337 g/mol. The van der Waals surface area contributed by atoms with Gasteiger partial charge in [0.05, 0.1) is 0 Å². The molecule has 22 heavy (non-hydrogen) atoms. The molecular weight excluding hydrogens is 325 g/mol. The fourth-order valence-electron chi connectivity index (χ4n) is 1.73. The third-order valence-corrected chi connectivity index (χ3v) is 3.20. The molecule has 2 aromatic carbocycles. The second-order valence-corrected chi connectivity index (χ2v) is 5.36. The Labute approximate surface area is 138 Å². The van der Waals surface area contributed by atoms with Crippen molar-refractivity contribution < 1.29 is 14.3 Å². The highest BCUT2D eigenvalue weighted by atomic mass is 35.5. The second-order valence-electron chi connectivity index (χ2n) is 4.49. The van der Waals surface area contributed by atoms with E-state index in [1.54, 1.807) is 0 Å². The van der Waals surface area contributed by atoms with Crippen LogP contribution in [0.25, 0.3) is 0 Å². The number of rotatable bonds is 5. The van der Waals surface area contributed by atoms with E-state index >= 15 is 0 Å². The van der Waals surface area contributed by atoms with Crippen LogP contribution in [0, 0.1) is 0 Å². The first-order chi connectivity index (χ1) is 10.5. The molecule has 0 aliphatic carbocycles. The summed E-state index contributed by atoms with van der Waals surface area (Å²) >= 11 is 11.6. The molecular formula is C16H13Cl2NO3. The van der Waals surface area contributed by atoms with E-state index in [1.165, 1.54) is 18.2 Å². The summed E-state index contributed by atoms with van der Waals surface area (Å²) in [4.78, 5) is 23.5. The minimum atomic E-state index is -0.523. The predicted octanol–water partition coefficient (Wildman–Crippen LogP) is 3.47. The van der Waals surface area contributed by atoms with Gasteiger partial charge < -0.3 is 10.1 Å². The van der Waals surface area contributed by atoms with Crippen molar-refractivity contribution in [2.24, 2.45) is 0 Å². The third kappa shape index (κ3) is 5.06. The van der Waals surface area contributed by atoms with Crippen molar-refractivity contribution in [2.45, 2.75) is 6.61 Å². The van der Waals surface area contributed by atoms with Crippen molar-refractivity contribution >= 4 is 35.1 Å². The van der Waals surface area contributed by atoms with E-state index in [0.717, 1.165) is 5.56 Å². The topological polar surface area (TPSA) is 55.4 Å². The van der Waals surface area contributed by atoms with Gasteiger partial charge in [-0.3, -0.25) is 9.59 Å². The first kappa shape index (κ1) is 16.3. The molecule has 6 heteroatoms. The minimum absolute atomic E-state index is 0.165. The average Bonchev–Trinajstić information content (AvgIpc) is 2.50. The maximum Gasteiger partial charge on any atom is 0.325 e. The van der Waals surface area contributed by atoms with Gasteiger partial charge in [-0.05, 0) is 23.8 Å². The van der Waals surface area contributed by atoms with Gasteiger partial charge in [-0.25, -0.2) is 0 Å². The third-order valence-electron chi connectivity index (χ3n) is 2.76. The van der Waals surface area contributed by atoms with Gasteiger partial charge in [0.1, 0.15) is 13.2 Å². The fraction of sp³-hybridized carbons (Fsp3) is 0.125. The van der Waals surface area contributed by atoms with Crippen LogP contribution in [0.5, 0.6) is 0 Å². The number of halogens is 2. The van der Waals surface area contributed by atoms with Gasteiger partial charge in [0, 0.05) is 15.6 Å². The lowest BCUT2D eigenvalue weighted by atomic mass is 10.2. The zero-order valence-corrected chi connectivity index (χ0v) is 13.0. The van der Waals surface area contributed by atoms with Gasteiger partial charge >= 0.3 is 5.97 Å². The lowest BCUT2D eigenvalue weighted by Gasteiger charge is -2.07. The van der Waals surface area contributed by atoms with Gasteiger partial charge in [0.15, 0.2) is 0 Å². The van der Waals surface area contributed by atoms with Crippen molar-refractivity contribution in [1.29, 1.82) is 0 Å². The number of ether oxygens (including phenoxy) is 1. The van der Waals surface area contributed by atoms with Crippen LogP contribution in [0.15, 0.2) is 48.5 Å². The quantitative estimate of drug-likeness (QED) is 0.850. The maximum absolute atomic E-state index is 11.9. The smallest absolute Gasteiger partial charge is 0.325 e. The highest BCUT2D eigenvalue weighted by Crippen LogP contribution is 2.18. The minimum Gasteiger partial charge on any atom is -0.460 e. The molecule has 0 atom stereocenters. The van der Waals surface area contributed by atoms with Crippen molar-refractivity contribution in [2.75, 3.05) is 6.54 Å². The van der Waals surface area contributed by atoms with Crippen LogP contribution in [0.4, 0.5) is 0 Å². The van der Waals surface area contributed by atoms with E-state index in [4.69, 9.17) is 27.9 Å². The Morgan fingerprint density at radius 1 is 1.00 bits per heavy atom. The zero-order valence-electron chi connectivity index (χ0n) is 11.5. The van der Waals surface area contributed by atoms with E-state index in [0.29, 0.717) is 10.0 Å². The Balaban J connectivity index is 1.81. The molecule has 0 spiro atoms. The summed E-state index contributed by atoms with van der Waals surface area (Å²) in [5.41, 5.74) is 1.16. The normalized spacial score (nSPS) is 10.1. The SMILES string of the molecule is O=C(CNC(=O)c1cc(Cl)cc(Cl)c1)OCc1ccccc1. The molecule has 2 aromatic rings. The van der Waals surface area contributed by atoms with Crippen molar-refractivity contribution in [1.82, 2.24) is 5.32 Å². The molecule has 2 rings (SSSR count). The Kier molecular flexibility index (Phi) is 5.81. The summed E-state index contributed by atoms with van der Waals surface area (Å²) in [5.74, 6) is -0.966. The highest BCUT2D eigenvalue weighted by Gasteiger charge is 2.10. The number of carbonyl (C=O) groups is 2. The lowest BCUT2D eigenvalue weighted by molar-refractivity contribution is -0.143. The molecule has 1 amide bonds. The number of carbonyl (C=O) groups excluding carboxylic acids is 2. The lowest BCUT2D eigenvalue weighted by Crippen LogP contribution is -2.30. The van der Waals surface area contributed by atoms with Gasteiger partial charge in [0.2, 0.25) is 0 Å². The number of benzene rings is 2. The molecule has 4 nitrogen and oxygen atoms in total. The van der Waals surface area contributed by atoms with Crippen LogP contribution in [-0.2, 0) is 16.1 Å². The average molecular weight is 338 g/mol. The van der Waals surface area contributed by atoms with Crippen LogP contribution in [0.2, 0.25) is 10.0 Å². The van der Waals surface area contributed by atoms with Crippen LogP contribution in [0.3, 0.4) is 0 Å². The summed E-state index contributed by atoms with van der Waals surface area (Å²) < 4.78 is 5.06. The molecule has 114 valence electrons. The number of hydrogen-bond donors (Lipinski definition) is 1. The van der Waals surface area contributed by atoms with E-state index in [-0.39, 0.29) is 18.7 Å². The Morgan fingerprint density at radius 3 is 2.27 bits per heavy atom. The molecule has 0 heterocycles.